The molecule has 0 aliphatic heterocycles. The maximum atomic E-state index is 12.6. The minimum absolute atomic E-state index is 0.124. The van der Waals surface area contributed by atoms with Gasteiger partial charge in [-0.1, -0.05) is 75.4 Å². The number of amides is 1. The number of benzene rings is 3. The zero-order chi connectivity index (χ0) is 20.6. The average molecular weight is 392 g/mol. The van der Waals surface area contributed by atoms with Crippen molar-refractivity contribution in [2.75, 3.05) is 13.2 Å². The van der Waals surface area contributed by atoms with E-state index in [9.17, 15) is 4.79 Å². The molecular weight excluding hydrogens is 362 g/mol. The highest BCUT2D eigenvalue weighted by Gasteiger charge is 2.19. The van der Waals surface area contributed by atoms with Crippen LogP contribution in [0.4, 0.5) is 0 Å². The second-order valence-electron chi connectivity index (χ2n) is 7.32. The van der Waals surface area contributed by atoms with Crippen molar-refractivity contribution >= 4 is 16.7 Å². The summed E-state index contributed by atoms with van der Waals surface area (Å²) in [6, 6.07) is 21.9. The Morgan fingerprint density at radius 2 is 1.62 bits per heavy atom. The molecule has 0 aliphatic carbocycles. The van der Waals surface area contributed by atoms with E-state index in [0.29, 0.717) is 25.5 Å². The predicted molar refractivity (Wildman–Crippen MR) is 118 cm³/mol. The minimum atomic E-state index is -0.538. The highest BCUT2D eigenvalue weighted by molar-refractivity contribution is 5.89. The molecule has 4 heteroatoms. The molecule has 0 saturated carbocycles. The van der Waals surface area contributed by atoms with Gasteiger partial charge in [-0.2, -0.15) is 0 Å². The lowest BCUT2D eigenvalue weighted by Gasteiger charge is -2.19. The number of carbonyl (C=O) groups is 1. The van der Waals surface area contributed by atoms with E-state index in [-0.39, 0.29) is 5.91 Å². The van der Waals surface area contributed by atoms with E-state index in [1.807, 2.05) is 67.6 Å². The molecule has 1 amide bonds. The Balaban J connectivity index is 1.55. The van der Waals surface area contributed by atoms with Crippen LogP contribution in [-0.4, -0.2) is 25.2 Å². The molecule has 1 N–H and O–H groups in total. The number of rotatable bonds is 9. The Bertz CT molecular complexity index is 946. The van der Waals surface area contributed by atoms with Gasteiger partial charge in [-0.25, -0.2) is 0 Å². The van der Waals surface area contributed by atoms with Crippen LogP contribution in [0.25, 0.3) is 10.8 Å². The van der Waals surface area contributed by atoms with Gasteiger partial charge in [0.25, 0.3) is 5.91 Å². The lowest BCUT2D eigenvalue weighted by atomic mass is 10.0. The molecular formula is C25H29NO3. The first-order chi connectivity index (χ1) is 14.1. The summed E-state index contributed by atoms with van der Waals surface area (Å²) in [5.41, 5.74) is 1.17. The summed E-state index contributed by atoms with van der Waals surface area (Å²) in [7, 11) is 0. The second-order valence-corrected chi connectivity index (χ2v) is 7.32. The number of ether oxygens (including phenoxy) is 2. The van der Waals surface area contributed by atoms with Crippen LogP contribution in [0.3, 0.4) is 0 Å². The molecule has 0 aliphatic rings. The van der Waals surface area contributed by atoms with Crippen LogP contribution < -0.4 is 14.8 Å². The first-order valence-corrected chi connectivity index (χ1v) is 10.2. The van der Waals surface area contributed by atoms with Gasteiger partial charge < -0.3 is 14.8 Å². The maximum absolute atomic E-state index is 12.6. The molecule has 0 heterocycles. The molecule has 152 valence electrons. The third kappa shape index (κ3) is 5.29. The molecule has 0 spiro atoms. The van der Waals surface area contributed by atoms with Crippen molar-refractivity contribution in [2.45, 2.75) is 39.2 Å². The maximum Gasteiger partial charge on any atom is 0.261 e. The van der Waals surface area contributed by atoms with E-state index in [2.05, 4.69) is 25.2 Å². The summed E-state index contributed by atoms with van der Waals surface area (Å²) in [4.78, 5) is 12.6. The molecule has 0 radical (unpaired) electrons. The topological polar surface area (TPSA) is 47.6 Å². The third-order valence-electron chi connectivity index (χ3n) is 4.88. The van der Waals surface area contributed by atoms with Crippen LogP contribution in [0, 0.1) is 0 Å². The number of para-hydroxylation sites is 1. The van der Waals surface area contributed by atoms with Gasteiger partial charge in [0.2, 0.25) is 0 Å². The fraction of sp³-hybridized carbons (Fsp3) is 0.320. The predicted octanol–water partition coefficient (Wildman–Crippen LogP) is 5.32. The Hall–Kier alpha value is -3.01. The van der Waals surface area contributed by atoms with E-state index >= 15 is 0 Å². The van der Waals surface area contributed by atoms with Gasteiger partial charge in [0.1, 0.15) is 18.1 Å². The van der Waals surface area contributed by atoms with Crippen molar-refractivity contribution in [3.05, 3.63) is 72.3 Å². The lowest BCUT2D eigenvalue weighted by Crippen LogP contribution is -2.39. The Kier molecular flexibility index (Phi) is 7.12. The molecule has 0 bridgehead atoms. The molecule has 0 unspecified atom stereocenters. The molecule has 3 rings (SSSR count). The number of hydrogen-bond donors (Lipinski definition) is 1. The van der Waals surface area contributed by atoms with Gasteiger partial charge in [-0.3, -0.25) is 4.79 Å². The standard InChI is InChI=1S/C25H29NO3/c1-4-22(29-24-15-9-11-19-10-5-6-13-21(19)24)25(27)26-16-17-28-23-14-8-7-12-20(23)18(2)3/h5-15,18,22H,4,16-17H2,1-3H3,(H,26,27)/t22-/m0/s1. The number of nitrogens with one attached hydrogen (secondary N) is 1. The monoisotopic (exact) mass is 391 g/mol. The van der Waals surface area contributed by atoms with E-state index < -0.39 is 6.10 Å². The Morgan fingerprint density at radius 3 is 2.41 bits per heavy atom. The van der Waals surface area contributed by atoms with Crippen molar-refractivity contribution in [3.8, 4) is 11.5 Å². The van der Waals surface area contributed by atoms with Crippen LogP contribution in [0.15, 0.2) is 66.7 Å². The van der Waals surface area contributed by atoms with Crippen molar-refractivity contribution in [3.63, 3.8) is 0 Å². The summed E-state index contributed by atoms with van der Waals surface area (Å²) < 4.78 is 11.9. The molecule has 0 fully saturated rings. The fourth-order valence-corrected chi connectivity index (χ4v) is 3.31. The van der Waals surface area contributed by atoms with Crippen LogP contribution >= 0.6 is 0 Å². The molecule has 4 nitrogen and oxygen atoms in total. The SMILES string of the molecule is CC[C@H](Oc1cccc2ccccc12)C(=O)NCCOc1ccccc1C(C)C. The molecule has 3 aromatic rings. The summed E-state index contributed by atoms with van der Waals surface area (Å²) in [6.45, 7) is 7.08. The molecule has 1 atom stereocenters. The zero-order valence-electron chi connectivity index (χ0n) is 17.4. The van der Waals surface area contributed by atoms with Crippen molar-refractivity contribution in [1.29, 1.82) is 0 Å². The van der Waals surface area contributed by atoms with Gasteiger partial charge in [0.15, 0.2) is 6.10 Å². The third-order valence-corrected chi connectivity index (χ3v) is 4.88. The number of carbonyl (C=O) groups excluding carboxylic acids is 1. The van der Waals surface area contributed by atoms with Crippen molar-refractivity contribution in [2.24, 2.45) is 0 Å². The highest BCUT2D eigenvalue weighted by atomic mass is 16.5. The van der Waals surface area contributed by atoms with Crippen LogP contribution in [0.1, 0.15) is 38.7 Å². The highest BCUT2D eigenvalue weighted by Crippen LogP contribution is 2.27. The van der Waals surface area contributed by atoms with E-state index in [0.717, 1.165) is 22.3 Å². The van der Waals surface area contributed by atoms with Gasteiger partial charge >= 0.3 is 0 Å². The summed E-state index contributed by atoms with van der Waals surface area (Å²) in [5, 5.41) is 5.04. The average Bonchev–Trinajstić information content (AvgIpc) is 2.75. The summed E-state index contributed by atoms with van der Waals surface area (Å²) in [5.74, 6) is 1.86. The second kappa shape index (κ2) is 9.97. The van der Waals surface area contributed by atoms with Crippen molar-refractivity contribution in [1.82, 2.24) is 5.32 Å². The number of hydrogen-bond acceptors (Lipinski definition) is 3. The van der Waals surface area contributed by atoms with E-state index in [1.54, 1.807) is 0 Å². The quantitative estimate of drug-likeness (QED) is 0.503. The van der Waals surface area contributed by atoms with Crippen molar-refractivity contribution < 1.29 is 14.3 Å². The van der Waals surface area contributed by atoms with Gasteiger partial charge in [-0.05, 0) is 35.4 Å². The van der Waals surface area contributed by atoms with Gasteiger partial charge in [0.05, 0.1) is 6.54 Å². The summed E-state index contributed by atoms with van der Waals surface area (Å²) in [6.07, 6.45) is 0.0512. The first-order valence-electron chi connectivity index (χ1n) is 10.2. The number of fused-ring (bicyclic) bond motifs is 1. The normalized spacial score (nSPS) is 12.0. The summed E-state index contributed by atoms with van der Waals surface area (Å²) >= 11 is 0. The Labute approximate surface area is 172 Å². The molecule has 0 saturated heterocycles. The van der Waals surface area contributed by atoms with Crippen LogP contribution in [-0.2, 0) is 4.79 Å². The van der Waals surface area contributed by atoms with E-state index in [4.69, 9.17) is 9.47 Å². The van der Waals surface area contributed by atoms with Gasteiger partial charge in [-0.15, -0.1) is 0 Å². The lowest BCUT2D eigenvalue weighted by molar-refractivity contribution is -0.128. The van der Waals surface area contributed by atoms with E-state index in [1.165, 1.54) is 5.56 Å². The van der Waals surface area contributed by atoms with Crippen LogP contribution in [0.2, 0.25) is 0 Å². The van der Waals surface area contributed by atoms with Crippen LogP contribution in [0.5, 0.6) is 11.5 Å². The van der Waals surface area contributed by atoms with Gasteiger partial charge in [0, 0.05) is 5.39 Å². The largest absolute Gasteiger partial charge is 0.491 e. The Morgan fingerprint density at radius 1 is 0.931 bits per heavy atom. The first kappa shape index (κ1) is 20.7. The molecule has 3 aromatic carbocycles. The molecule has 0 aromatic heterocycles. The minimum Gasteiger partial charge on any atom is -0.491 e. The fourth-order valence-electron chi connectivity index (χ4n) is 3.31. The molecule has 29 heavy (non-hydrogen) atoms. The smallest absolute Gasteiger partial charge is 0.261 e. The zero-order valence-corrected chi connectivity index (χ0v) is 17.4.